The number of aromatic nitrogens is 1. The van der Waals surface area contributed by atoms with E-state index in [-0.39, 0.29) is 5.54 Å². The van der Waals surface area contributed by atoms with Crippen molar-refractivity contribution in [3.8, 4) is 5.75 Å². The lowest BCUT2D eigenvalue weighted by Gasteiger charge is -2.27. The van der Waals surface area contributed by atoms with Crippen molar-refractivity contribution in [1.82, 2.24) is 4.98 Å². The zero-order chi connectivity index (χ0) is 10.9. The first-order valence-electron chi connectivity index (χ1n) is 5.14. The van der Waals surface area contributed by atoms with Gasteiger partial charge >= 0.3 is 0 Å². The summed E-state index contributed by atoms with van der Waals surface area (Å²) < 4.78 is 6.28. The van der Waals surface area contributed by atoms with Gasteiger partial charge in [-0.25, -0.2) is 0 Å². The Labute approximate surface area is 98.2 Å². The largest absolute Gasteiger partial charge is 0.495 e. The van der Waals surface area contributed by atoms with Gasteiger partial charge in [-0.05, 0) is 28.8 Å². The van der Waals surface area contributed by atoms with Crippen LogP contribution in [-0.2, 0) is 5.54 Å². The van der Waals surface area contributed by atoms with Gasteiger partial charge in [0.05, 0.1) is 13.3 Å². The molecule has 1 aliphatic carbocycles. The second-order valence-electron chi connectivity index (χ2n) is 4.06. The molecule has 0 aromatic carbocycles. The van der Waals surface area contributed by atoms with E-state index in [1.165, 1.54) is 12.8 Å². The molecule has 1 fully saturated rings. The minimum atomic E-state index is -0.243. The second-order valence-corrected chi connectivity index (χ2v) is 4.92. The highest BCUT2D eigenvalue weighted by atomic mass is 79.9. The van der Waals surface area contributed by atoms with Crippen molar-refractivity contribution in [3.05, 3.63) is 22.4 Å². The average Bonchev–Trinajstić information content (AvgIpc) is 2.65. The molecule has 15 heavy (non-hydrogen) atoms. The van der Waals surface area contributed by atoms with Gasteiger partial charge in [0, 0.05) is 21.8 Å². The Hall–Kier alpha value is -0.610. The number of nitrogens with two attached hydrogens (primary N) is 1. The maximum absolute atomic E-state index is 6.42. The van der Waals surface area contributed by atoms with Crippen molar-refractivity contribution in [2.45, 2.75) is 31.2 Å². The Morgan fingerprint density at radius 3 is 2.67 bits per heavy atom. The first-order chi connectivity index (χ1) is 7.17. The standard InChI is InChI=1S/C11H15BrN2O/c1-15-9-7-14-6-8(12)10(9)11(13)4-2-3-5-11/h6-7H,2-5,13H2,1H3. The molecule has 1 aliphatic rings. The Morgan fingerprint density at radius 2 is 2.07 bits per heavy atom. The average molecular weight is 271 g/mol. The SMILES string of the molecule is COc1cncc(Br)c1C1(N)CCCC1. The molecule has 1 heterocycles. The summed E-state index contributed by atoms with van der Waals surface area (Å²) in [5.74, 6) is 0.786. The van der Waals surface area contributed by atoms with E-state index >= 15 is 0 Å². The summed E-state index contributed by atoms with van der Waals surface area (Å²) in [5, 5.41) is 0. The molecular weight excluding hydrogens is 256 g/mol. The van der Waals surface area contributed by atoms with E-state index in [0.29, 0.717) is 0 Å². The maximum atomic E-state index is 6.42. The summed E-state index contributed by atoms with van der Waals surface area (Å²) >= 11 is 3.51. The van der Waals surface area contributed by atoms with Crippen LogP contribution in [0, 0.1) is 0 Å². The predicted octanol–water partition coefficient (Wildman–Crippen LogP) is 2.58. The second kappa shape index (κ2) is 4.10. The molecule has 0 aliphatic heterocycles. The van der Waals surface area contributed by atoms with Crippen LogP contribution in [0.5, 0.6) is 5.75 Å². The van der Waals surface area contributed by atoms with Gasteiger partial charge in [0.15, 0.2) is 0 Å². The van der Waals surface area contributed by atoms with E-state index in [1.54, 1.807) is 19.5 Å². The Morgan fingerprint density at radius 1 is 1.40 bits per heavy atom. The topological polar surface area (TPSA) is 48.1 Å². The minimum absolute atomic E-state index is 0.243. The summed E-state index contributed by atoms with van der Waals surface area (Å²) in [7, 11) is 1.66. The molecule has 0 atom stereocenters. The minimum Gasteiger partial charge on any atom is -0.495 e. The van der Waals surface area contributed by atoms with Gasteiger partial charge in [-0.1, -0.05) is 12.8 Å². The van der Waals surface area contributed by atoms with Crippen LogP contribution in [0.2, 0.25) is 0 Å². The molecule has 3 nitrogen and oxygen atoms in total. The number of ether oxygens (including phenoxy) is 1. The third-order valence-corrected chi connectivity index (χ3v) is 3.68. The lowest BCUT2D eigenvalue weighted by molar-refractivity contribution is 0.376. The van der Waals surface area contributed by atoms with E-state index in [1.807, 2.05) is 0 Å². The Bertz CT molecular complexity index is 362. The predicted molar refractivity (Wildman–Crippen MR) is 62.8 cm³/mol. The van der Waals surface area contributed by atoms with Crippen LogP contribution in [-0.4, -0.2) is 12.1 Å². The summed E-state index contributed by atoms with van der Waals surface area (Å²) in [6.45, 7) is 0. The van der Waals surface area contributed by atoms with Crippen LogP contribution in [0.4, 0.5) is 0 Å². The normalized spacial score (nSPS) is 19.1. The van der Waals surface area contributed by atoms with E-state index in [0.717, 1.165) is 28.6 Å². The molecule has 82 valence electrons. The first kappa shape index (κ1) is 10.9. The monoisotopic (exact) mass is 270 g/mol. The van der Waals surface area contributed by atoms with Gasteiger partial charge in [0.25, 0.3) is 0 Å². The van der Waals surface area contributed by atoms with Crippen molar-refractivity contribution < 1.29 is 4.74 Å². The van der Waals surface area contributed by atoms with E-state index in [2.05, 4.69) is 20.9 Å². The van der Waals surface area contributed by atoms with Crippen LogP contribution < -0.4 is 10.5 Å². The smallest absolute Gasteiger partial charge is 0.143 e. The molecule has 0 unspecified atom stereocenters. The summed E-state index contributed by atoms with van der Waals surface area (Å²) in [4.78, 5) is 4.09. The molecule has 1 aromatic heterocycles. The van der Waals surface area contributed by atoms with Gasteiger partial charge in [-0.15, -0.1) is 0 Å². The first-order valence-corrected chi connectivity index (χ1v) is 5.93. The highest BCUT2D eigenvalue weighted by molar-refractivity contribution is 9.10. The molecule has 0 spiro atoms. The van der Waals surface area contributed by atoms with Crippen molar-refractivity contribution >= 4 is 15.9 Å². The number of halogens is 1. The van der Waals surface area contributed by atoms with E-state index in [4.69, 9.17) is 10.5 Å². The quantitative estimate of drug-likeness (QED) is 0.899. The molecule has 0 bridgehead atoms. The molecule has 2 rings (SSSR count). The zero-order valence-corrected chi connectivity index (χ0v) is 10.4. The van der Waals surface area contributed by atoms with E-state index in [9.17, 15) is 0 Å². The lowest BCUT2D eigenvalue weighted by atomic mass is 9.89. The number of hydrogen-bond donors (Lipinski definition) is 1. The van der Waals surface area contributed by atoms with E-state index < -0.39 is 0 Å². The fourth-order valence-corrected chi connectivity index (χ4v) is 3.02. The third-order valence-electron chi connectivity index (χ3n) is 3.08. The molecule has 0 saturated heterocycles. The van der Waals surface area contributed by atoms with Crippen molar-refractivity contribution in [2.24, 2.45) is 5.73 Å². The molecule has 2 N–H and O–H groups in total. The molecule has 1 saturated carbocycles. The molecule has 1 aromatic rings. The van der Waals surface area contributed by atoms with Gasteiger partial charge < -0.3 is 10.5 Å². The fourth-order valence-electron chi connectivity index (χ4n) is 2.31. The van der Waals surface area contributed by atoms with Gasteiger partial charge in [-0.3, -0.25) is 4.98 Å². The molecule has 0 amide bonds. The summed E-state index contributed by atoms with van der Waals surface area (Å²) in [6.07, 6.45) is 7.93. The molecule has 0 radical (unpaired) electrons. The van der Waals surface area contributed by atoms with Crippen LogP contribution in [0.15, 0.2) is 16.9 Å². The zero-order valence-electron chi connectivity index (χ0n) is 8.79. The Kier molecular flexibility index (Phi) is 2.98. The third kappa shape index (κ3) is 1.88. The number of methoxy groups -OCH3 is 1. The number of hydrogen-bond acceptors (Lipinski definition) is 3. The summed E-state index contributed by atoms with van der Waals surface area (Å²) in [5.41, 5.74) is 7.24. The van der Waals surface area contributed by atoms with Crippen molar-refractivity contribution in [1.29, 1.82) is 0 Å². The van der Waals surface area contributed by atoms with Crippen molar-refractivity contribution in [2.75, 3.05) is 7.11 Å². The lowest BCUT2D eigenvalue weighted by Crippen LogP contribution is -2.34. The number of pyridine rings is 1. The number of rotatable bonds is 2. The highest BCUT2D eigenvalue weighted by Crippen LogP contribution is 2.43. The molecule has 4 heteroatoms. The van der Waals surface area contributed by atoms with Gasteiger partial charge in [-0.2, -0.15) is 0 Å². The fraction of sp³-hybridized carbons (Fsp3) is 0.545. The highest BCUT2D eigenvalue weighted by Gasteiger charge is 2.35. The van der Waals surface area contributed by atoms with Crippen LogP contribution in [0.25, 0.3) is 0 Å². The van der Waals surface area contributed by atoms with Crippen LogP contribution >= 0.6 is 15.9 Å². The van der Waals surface area contributed by atoms with Crippen LogP contribution in [0.1, 0.15) is 31.2 Å². The van der Waals surface area contributed by atoms with Gasteiger partial charge in [0.1, 0.15) is 5.75 Å². The number of nitrogens with zero attached hydrogens (tertiary/aromatic N) is 1. The maximum Gasteiger partial charge on any atom is 0.143 e. The van der Waals surface area contributed by atoms with Gasteiger partial charge in [0.2, 0.25) is 0 Å². The molecular formula is C11H15BrN2O. The van der Waals surface area contributed by atoms with Crippen molar-refractivity contribution in [3.63, 3.8) is 0 Å². The summed E-state index contributed by atoms with van der Waals surface area (Å²) in [6, 6.07) is 0. The van der Waals surface area contributed by atoms with Crippen LogP contribution in [0.3, 0.4) is 0 Å². The Balaban J connectivity index is 2.49.